The molecule has 5 nitrogen and oxygen atoms in total. The van der Waals surface area contributed by atoms with Crippen molar-refractivity contribution in [2.75, 3.05) is 13.1 Å². The quantitative estimate of drug-likeness (QED) is 0.883. The topological polar surface area (TPSA) is 58.4 Å². The second kappa shape index (κ2) is 3.49. The number of imidazole rings is 1. The van der Waals surface area contributed by atoms with Crippen LogP contribution in [0.1, 0.15) is 24.7 Å². The average Bonchev–Trinajstić information content (AvgIpc) is 3.17. The molecule has 3 aliphatic rings. The summed E-state index contributed by atoms with van der Waals surface area (Å²) >= 11 is 0. The third-order valence-corrected chi connectivity index (χ3v) is 4.66. The van der Waals surface area contributed by atoms with Crippen LogP contribution in [-0.2, 0) is 6.42 Å². The zero-order chi connectivity index (χ0) is 12.3. The van der Waals surface area contributed by atoms with Gasteiger partial charge in [-0.15, -0.1) is 0 Å². The van der Waals surface area contributed by atoms with E-state index < -0.39 is 6.09 Å². The monoisotopic (exact) mass is 247 g/mol. The zero-order valence-corrected chi connectivity index (χ0v) is 10.2. The SMILES string of the molecule is O=C(O)N1C[C@@H]2[C@H](C1)[C@H]2n1ccnc1CC1CC1. The highest BCUT2D eigenvalue weighted by atomic mass is 16.4. The van der Waals surface area contributed by atoms with E-state index in [9.17, 15) is 4.79 Å². The Hall–Kier alpha value is -1.52. The van der Waals surface area contributed by atoms with Gasteiger partial charge in [-0.05, 0) is 18.8 Å². The number of piperidine rings is 1. The van der Waals surface area contributed by atoms with Crippen molar-refractivity contribution in [3.8, 4) is 0 Å². The molecule has 96 valence electrons. The number of aromatic nitrogens is 2. The van der Waals surface area contributed by atoms with Gasteiger partial charge in [0, 0.05) is 49.8 Å². The predicted octanol–water partition coefficient (Wildman–Crippen LogP) is 1.62. The number of fused-ring (bicyclic) bond motifs is 1. The van der Waals surface area contributed by atoms with Gasteiger partial charge in [-0.3, -0.25) is 0 Å². The van der Waals surface area contributed by atoms with Crippen LogP contribution in [0, 0.1) is 17.8 Å². The van der Waals surface area contributed by atoms with Gasteiger partial charge in [0.2, 0.25) is 0 Å². The summed E-state index contributed by atoms with van der Waals surface area (Å²) in [4.78, 5) is 16.9. The lowest BCUT2D eigenvalue weighted by Crippen LogP contribution is -2.30. The molecule has 2 saturated carbocycles. The van der Waals surface area contributed by atoms with E-state index in [-0.39, 0.29) is 0 Å². The number of hydrogen-bond donors (Lipinski definition) is 1. The maximum absolute atomic E-state index is 10.9. The summed E-state index contributed by atoms with van der Waals surface area (Å²) in [5, 5.41) is 8.96. The van der Waals surface area contributed by atoms with Gasteiger partial charge in [-0.2, -0.15) is 0 Å². The Morgan fingerprint density at radius 1 is 1.39 bits per heavy atom. The lowest BCUT2D eigenvalue weighted by atomic mass is 10.2. The Morgan fingerprint density at radius 2 is 2.11 bits per heavy atom. The van der Waals surface area contributed by atoms with Gasteiger partial charge in [0.15, 0.2) is 0 Å². The molecule has 3 fully saturated rings. The Labute approximate surface area is 105 Å². The second-order valence-corrected chi connectivity index (χ2v) is 5.90. The normalized spacial score (nSPS) is 33.6. The standard InChI is InChI=1S/C13H17N3O2/c17-13(18)15-6-9-10(7-15)12(9)16-4-3-14-11(16)5-8-1-2-8/h3-4,8-10,12H,1-2,5-7H2,(H,17,18)/t9-,10+,12+. The van der Waals surface area contributed by atoms with E-state index in [1.165, 1.54) is 18.7 Å². The minimum absolute atomic E-state index is 0.511. The number of amides is 1. The fourth-order valence-corrected chi connectivity index (χ4v) is 3.42. The van der Waals surface area contributed by atoms with E-state index in [2.05, 4.69) is 15.7 Å². The fraction of sp³-hybridized carbons (Fsp3) is 0.692. The molecule has 5 heteroatoms. The molecule has 3 atom stereocenters. The minimum atomic E-state index is -0.773. The molecule has 4 rings (SSSR count). The van der Waals surface area contributed by atoms with Crippen LogP contribution in [0.2, 0.25) is 0 Å². The van der Waals surface area contributed by atoms with Gasteiger partial charge < -0.3 is 14.6 Å². The van der Waals surface area contributed by atoms with Gasteiger partial charge >= 0.3 is 6.09 Å². The fourth-order valence-electron chi connectivity index (χ4n) is 3.42. The molecule has 0 aromatic carbocycles. The molecule has 1 aliphatic heterocycles. The van der Waals surface area contributed by atoms with E-state index in [0.717, 1.165) is 12.3 Å². The number of likely N-dealkylation sites (tertiary alicyclic amines) is 1. The van der Waals surface area contributed by atoms with Crippen molar-refractivity contribution in [3.63, 3.8) is 0 Å². The number of rotatable bonds is 3. The first kappa shape index (κ1) is 10.4. The molecular formula is C13H17N3O2. The highest BCUT2D eigenvalue weighted by Gasteiger charge is 2.58. The summed E-state index contributed by atoms with van der Waals surface area (Å²) in [6.45, 7) is 1.40. The summed E-state index contributed by atoms with van der Waals surface area (Å²) in [5.41, 5.74) is 0. The number of carbonyl (C=O) groups is 1. The molecule has 2 heterocycles. The Balaban J connectivity index is 1.47. The number of carboxylic acid groups (broad SMARTS) is 1. The molecule has 1 amide bonds. The van der Waals surface area contributed by atoms with Gasteiger partial charge in [-0.25, -0.2) is 9.78 Å². The average molecular weight is 247 g/mol. The van der Waals surface area contributed by atoms with Crippen LogP contribution in [0.5, 0.6) is 0 Å². The maximum Gasteiger partial charge on any atom is 0.407 e. The Kier molecular flexibility index (Phi) is 2.02. The van der Waals surface area contributed by atoms with Crippen molar-refractivity contribution in [1.29, 1.82) is 0 Å². The van der Waals surface area contributed by atoms with Crippen molar-refractivity contribution in [3.05, 3.63) is 18.2 Å². The first-order valence-electron chi connectivity index (χ1n) is 6.73. The van der Waals surface area contributed by atoms with E-state index >= 15 is 0 Å². The predicted molar refractivity (Wildman–Crippen MR) is 64.3 cm³/mol. The van der Waals surface area contributed by atoms with E-state index in [0.29, 0.717) is 31.0 Å². The van der Waals surface area contributed by atoms with Crippen molar-refractivity contribution in [1.82, 2.24) is 14.5 Å². The molecule has 0 bridgehead atoms. The molecule has 1 aromatic rings. The van der Waals surface area contributed by atoms with Crippen LogP contribution in [0.3, 0.4) is 0 Å². The Bertz CT molecular complexity index is 482. The molecule has 1 saturated heterocycles. The number of nitrogens with zero attached hydrogens (tertiary/aromatic N) is 3. The van der Waals surface area contributed by atoms with Crippen LogP contribution in [0.15, 0.2) is 12.4 Å². The van der Waals surface area contributed by atoms with Crippen molar-refractivity contribution < 1.29 is 9.90 Å². The number of hydrogen-bond acceptors (Lipinski definition) is 2. The first-order valence-corrected chi connectivity index (χ1v) is 6.73. The smallest absolute Gasteiger partial charge is 0.407 e. The zero-order valence-electron chi connectivity index (χ0n) is 10.2. The molecule has 0 spiro atoms. The maximum atomic E-state index is 10.9. The van der Waals surface area contributed by atoms with Crippen molar-refractivity contribution >= 4 is 6.09 Å². The van der Waals surface area contributed by atoms with Crippen molar-refractivity contribution in [2.24, 2.45) is 17.8 Å². The highest BCUT2D eigenvalue weighted by molar-refractivity contribution is 5.65. The van der Waals surface area contributed by atoms with E-state index in [4.69, 9.17) is 5.11 Å². The largest absolute Gasteiger partial charge is 0.465 e. The molecule has 18 heavy (non-hydrogen) atoms. The molecule has 1 aromatic heterocycles. The van der Waals surface area contributed by atoms with Crippen LogP contribution < -0.4 is 0 Å². The molecule has 1 N–H and O–H groups in total. The van der Waals surface area contributed by atoms with Crippen molar-refractivity contribution in [2.45, 2.75) is 25.3 Å². The molecule has 2 aliphatic carbocycles. The second-order valence-electron chi connectivity index (χ2n) is 5.90. The summed E-state index contributed by atoms with van der Waals surface area (Å²) in [6.07, 6.45) is 6.98. The highest BCUT2D eigenvalue weighted by Crippen LogP contribution is 2.55. The van der Waals surface area contributed by atoms with Crippen LogP contribution in [0.25, 0.3) is 0 Å². The summed E-state index contributed by atoms with van der Waals surface area (Å²) in [6, 6.07) is 0.511. The molecule has 0 unspecified atom stereocenters. The lowest BCUT2D eigenvalue weighted by Gasteiger charge is -2.17. The van der Waals surface area contributed by atoms with Crippen LogP contribution in [0.4, 0.5) is 4.79 Å². The summed E-state index contributed by atoms with van der Waals surface area (Å²) in [7, 11) is 0. The summed E-state index contributed by atoms with van der Waals surface area (Å²) in [5.74, 6) is 3.10. The van der Waals surface area contributed by atoms with E-state index in [1.807, 2.05) is 6.20 Å². The minimum Gasteiger partial charge on any atom is -0.465 e. The third-order valence-electron chi connectivity index (χ3n) is 4.66. The van der Waals surface area contributed by atoms with Crippen LogP contribution >= 0.6 is 0 Å². The Morgan fingerprint density at radius 3 is 2.72 bits per heavy atom. The lowest BCUT2D eigenvalue weighted by molar-refractivity contribution is 0.148. The van der Waals surface area contributed by atoms with Gasteiger partial charge in [0.1, 0.15) is 5.82 Å². The first-order chi connectivity index (χ1) is 8.74. The summed E-state index contributed by atoms with van der Waals surface area (Å²) < 4.78 is 2.31. The van der Waals surface area contributed by atoms with Gasteiger partial charge in [-0.1, -0.05) is 0 Å². The molecular weight excluding hydrogens is 230 g/mol. The third kappa shape index (κ3) is 1.53. The van der Waals surface area contributed by atoms with Crippen LogP contribution in [-0.4, -0.2) is 38.7 Å². The van der Waals surface area contributed by atoms with Gasteiger partial charge in [0.25, 0.3) is 0 Å². The van der Waals surface area contributed by atoms with E-state index in [1.54, 1.807) is 4.90 Å². The molecule has 0 radical (unpaired) electrons. The van der Waals surface area contributed by atoms with Gasteiger partial charge in [0.05, 0.1) is 0 Å².